The summed E-state index contributed by atoms with van der Waals surface area (Å²) >= 11 is 3.31. The van der Waals surface area contributed by atoms with E-state index in [1.165, 1.54) is 0 Å². The lowest BCUT2D eigenvalue weighted by Gasteiger charge is -2.20. The highest BCUT2D eigenvalue weighted by molar-refractivity contribution is 9.10. The van der Waals surface area contributed by atoms with E-state index in [9.17, 15) is 9.18 Å². The van der Waals surface area contributed by atoms with E-state index in [0.717, 1.165) is 0 Å². The van der Waals surface area contributed by atoms with Crippen LogP contribution in [0.2, 0.25) is 0 Å². The molecule has 0 saturated heterocycles. The van der Waals surface area contributed by atoms with E-state index in [-0.39, 0.29) is 0 Å². The summed E-state index contributed by atoms with van der Waals surface area (Å²) in [4.78, 5) is 11.9. The average Bonchev–Trinajstić information content (AvgIpc) is 2.94. The van der Waals surface area contributed by atoms with Gasteiger partial charge in [-0.25, -0.2) is 9.18 Å². The van der Waals surface area contributed by atoms with Crippen LogP contribution in [0, 0.1) is 0 Å². The van der Waals surface area contributed by atoms with Crippen LogP contribution in [0.4, 0.5) is 4.39 Å². The number of benzene rings is 1. The standard InChI is InChI=1S/C14H16BrFO2/c1-13(2,3)18-12(17)9-6-10(8-11(15)7-9)14(16)4-5-14/h6-8H,4-5H2,1-3H3. The number of carbonyl (C=O) groups excluding carboxylic acids is 1. The Morgan fingerprint density at radius 2 is 1.94 bits per heavy atom. The van der Waals surface area contributed by atoms with E-state index in [1.54, 1.807) is 39.0 Å². The fraction of sp³-hybridized carbons (Fsp3) is 0.500. The molecule has 1 aromatic carbocycles. The average molecular weight is 315 g/mol. The highest BCUT2D eigenvalue weighted by Gasteiger charge is 2.45. The summed E-state index contributed by atoms with van der Waals surface area (Å²) in [5.41, 5.74) is -0.858. The Balaban J connectivity index is 2.28. The Bertz CT molecular complexity index is 487. The van der Waals surface area contributed by atoms with Crippen LogP contribution >= 0.6 is 15.9 Å². The van der Waals surface area contributed by atoms with Gasteiger partial charge in [0.1, 0.15) is 11.3 Å². The third kappa shape index (κ3) is 3.10. The van der Waals surface area contributed by atoms with Crippen LogP contribution in [-0.4, -0.2) is 11.6 Å². The molecule has 1 fully saturated rings. The van der Waals surface area contributed by atoms with Crippen LogP contribution in [0.25, 0.3) is 0 Å². The van der Waals surface area contributed by atoms with Crippen molar-refractivity contribution in [3.63, 3.8) is 0 Å². The lowest BCUT2D eigenvalue weighted by atomic mass is 10.1. The second-order valence-corrected chi connectivity index (χ2v) is 6.61. The summed E-state index contributed by atoms with van der Waals surface area (Å²) in [6.45, 7) is 5.42. The van der Waals surface area contributed by atoms with Crippen molar-refractivity contribution in [2.45, 2.75) is 44.9 Å². The van der Waals surface area contributed by atoms with Crippen LogP contribution < -0.4 is 0 Å². The number of hydrogen-bond acceptors (Lipinski definition) is 2. The van der Waals surface area contributed by atoms with Crippen molar-refractivity contribution in [1.29, 1.82) is 0 Å². The van der Waals surface area contributed by atoms with Crippen LogP contribution in [0.3, 0.4) is 0 Å². The van der Waals surface area contributed by atoms with Crippen molar-refractivity contribution in [2.24, 2.45) is 0 Å². The molecule has 1 aliphatic carbocycles. The number of rotatable bonds is 2. The molecular weight excluding hydrogens is 299 g/mol. The van der Waals surface area contributed by atoms with E-state index < -0.39 is 17.2 Å². The predicted molar refractivity (Wildman–Crippen MR) is 71.3 cm³/mol. The fourth-order valence-corrected chi connectivity index (χ4v) is 2.19. The summed E-state index contributed by atoms with van der Waals surface area (Å²) in [5.74, 6) is -0.422. The fourth-order valence-electron chi connectivity index (χ4n) is 1.70. The smallest absolute Gasteiger partial charge is 0.338 e. The minimum Gasteiger partial charge on any atom is -0.456 e. The quantitative estimate of drug-likeness (QED) is 0.758. The van der Waals surface area contributed by atoms with Crippen molar-refractivity contribution < 1.29 is 13.9 Å². The molecule has 1 aromatic rings. The molecule has 0 heterocycles. The molecule has 0 unspecified atom stereocenters. The topological polar surface area (TPSA) is 26.3 Å². The van der Waals surface area contributed by atoms with Crippen molar-refractivity contribution in [3.8, 4) is 0 Å². The maximum absolute atomic E-state index is 14.0. The van der Waals surface area contributed by atoms with Gasteiger partial charge in [0.15, 0.2) is 0 Å². The van der Waals surface area contributed by atoms with E-state index in [4.69, 9.17) is 4.74 Å². The first-order valence-corrected chi connectivity index (χ1v) is 6.72. The van der Waals surface area contributed by atoms with Crippen molar-refractivity contribution >= 4 is 21.9 Å². The molecule has 2 nitrogen and oxygen atoms in total. The highest BCUT2D eigenvalue weighted by Crippen LogP contribution is 2.50. The normalized spacial score (nSPS) is 17.4. The number of esters is 1. The van der Waals surface area contributed by atoms with Crippen molar-refractivity contribution in [3.05, 3.63) is 33.8 Å². The zero-order valence-corrected chi connectivity index (χ0v) is 12.3. The lowest BCUT2D eigenvalue weighted by molar-refractivity contribution is 0.00693. The van der Waals surface area contributed by atoms with Gasteiger partial charge in [0, 0.05) is 4.47 Å². The van der Waals surface area contributed by atoms with Gasteiger partial charge in [-0.2, -0.15) is 0 Å². The Morgan fingerprint density at radius 3 is 2.44 bits per heavy atom. The first kappa shape index (κ1) is 13.5. The van der Waals surface area contributed by atoms with E-state index in [1.807, 2.05) is 0 Å². The second-order valence-electron chi connectivity index (χ2n) is 5.70. The summed E-state index contributed by atoms with van der Waals surface area (Å²) in [5, 5.41) is 0. The number of ether oxygens (including phenoxy) is 1. The Labute approximate surface area is 115 Å². The van der Waals surface area contributed by atoms with Crippen LogP contribution in [-0.2, 0) is 10.4 Å². The highest BCUT2D eigenvalue weighted by atomic mass is 79.9. The zero-order valence-electron chi connectivity index (χ0n) is 10.7. The Hall–Kier alpha value is -0.900. The molecule has 0 bridgehead atoms. The number of halogens is 2. The maximum atomic E-state index is 14.0. The molecule has 18 heavy (non-hydrogen) atoms. The largest absolute Gasteiger partial charge is 0.456 e. The molecule has 0 radical (unpaired) electrons. The SMILES string of the molecule is CC(C)(C)OC(=O)c1cc(Br)cc(C2(F)CC2)c1. The maximum Gasteiger partial charge on any atom is 0.338 e. The molecule has 0 atom stereocenters. The van der Waals surface area contributed by atoms with Gasteiger partial charge in [0.05, 0.1) is 5.56 Å². The number of hydrogen-bond donors (Lipinski definition) is 0. The lowest BCUT2D eigenvalue weighted by Crippen LogP contribution is -2.24. The Kier molecular flexibility index (Phi) is 3.26. The molecule has 1 aliphatic rings. The molecule has 0 aliphatic heterocycles. The van der Waals surface area contributed by atoms with Gasteiger partial charge < -0.3 is 4.74 Å². The van der Waals surface area contributed by atoms with E-state index >= 15 is 0 Å². The van der Waals surface area contributed by atoms with Gasteiger partial charge in [0.2, 0.25) is 0 Å². The molecule has 4 heteroatoms. The monoisotopic (exact) mass is 314 g/mol. The molecule has 2 rings (SSSR count). The van der Waals surface area contributed by atoms with Crippen molar-refractivity contribution in [1.82, 2.24) is 0 Å². The van der Waals surface area contributed by atoms with Gasteiger partial charge >= 0.3 is 5.97 Å². The second kappa shape index (κ2) is 4.34. The third-order valence-corrected chi connectivity index (χ3v) is 3.20. The van der Waals surface area contributed by atoms with Crippen LogP contribution in [0.5, 0.6) is 0 Å². The summed E-state index contributed by atoms with van der Waals surface area (Å²) in [6, 6.07) is 4.97. The number of carbonyl (C=O) groups is 1. The summed E-state index contributed by atoms with van der Waals surface area (Å²) in [7, 11) is 0. The van der Waals surface area contributed by atoms with Gasteiger partial charge in [-0.15, -0.1) is 0 Å². The van der Waals surface area contributed by atoms with E-state index in [2.05, 4.69) is 15.9 Å². The van der Waals surface area contributed by atoms with Gasteiger partial charge in [-0.1, -0.05) is 15.9 Å². The predicted octanol–water partition coefficient (Wildman–Crippen LogP) is 4.36. The number of alkyl halides is 1. The molecule has 1 saturated carbocycles. The van der Waals surface area contributed by atoms with Gasteiger partial charge in [-0.3, -0.25) is 0 Å². The minimum atomic E-state index is -1.25. The van der Waals surface area contributed by atoms with Gasteiger partial charge in [0.25, 0.3) is 0 Å². The molecule has 0 spiro atoms. The van der Waals surface area contributed by atoms with E-state index in [0.29, 0.717) is 28.4 Å². The molecule has 98 valence electrons. The first-order valence-electron chi connectivity index (χ1n) is 5.93. The molecule has 0 aromatic heterocycles. The summed E-state index contributed by atoms with van der Waals surface area (Å²) in [6.07, 6.45) is 1.05. The van der Waals surface area contributed by atoms with Crippen LogP contribution in [0.15, 0.2) is 22.7 Å². The van der Waals surface area contributed by atoms with Crippen molar-refractivity contribution in [2.75, 3.05) is 0 Å². The Morgan fingerprint density at radius 1 is 1.33 bits per heavy atom. The molecule has 0 N–H and O–H groups in total. The molecular formula is C14H16BrFO2. The van der Waals surface area contributed by atoms with Crippen LogP contribution in [0.1, 0.15) is 49.5 Å². The minimum absolute atomic E-state index is 0.387. The third-order valence-electron chi connectivity index (χ3n) is 2.74. The molecule has 0 amide bonds. The zero-order chi connectivity index (χ0) is 13.6. The van der Waals surface area contributed by atoms with Gasteiger partial charge in [-0.05, 0) is 57.4 Å². The summed E-state index contributed by atoms with van der Waals surface area (Å²) < 4.78 is 20.0. The first-order chi connectivity index (χ1) is 8.20.